The van der Waals surface area contributed by atoms with E-state index < -0.39 is 0 Å². The molecule has 1 aliphatic rings. The second kappa shape index (κ2) is 2.61. The molecule has 1 aromatic heterocycles. The van der Waals surface area contributed by atoms with Crippen LogP contribution in [0.3, 0.4) is 0 Å². The number of nitrogens with zero attached hydrogens (tertiary/aromatic N) is 1. The molecule has 0 aliphatic heterocycles. The van der Waals surface area contributed by atoms with Crippen molar-refractivity contribution in [3.63, 3.8) is 0 Å². The quantitative estimate of drug-likeness (QED) is 0.648. The fourth-order valence-corrected chi connectivity index (χ4v) is 2.14. The van der Waals surface area contributed by atoms with E-state index in [2.05, 4.69) is 18.8 Å². The molecule has 0 atom stereocenters. The molecule has 0 radical (unpaired) electrons. The van der Waals surface area contributed by atoms with Gasteiger partial charge in [-0.05, 0) is 24.5 Å². The average molecular weight is 197 g/mol. The molecule has 2 N–H and O–H groups in total. The number of rotatable bonds is 0. The van der Waals surface area contributed by atoms with Gasteiger partial charge in [0.25, 0.3) is 0 Å². The summed E-state index contributed by atoms with van der Waals surface area (Å²) < 4.78 is 0. The van der Waals surface area contributed by atoms with Crippen molar-refractivity contribution >= 4 is 17.3 Å². The molecule has 2 nitrogen and oxygen atoms in total. The van der Waals surface area contributed by atoms with Crippen molar-refractivity contribution in [3.05, 3.63) is 22.5 Å². The van der Waals surface area contributed by atoms with Crippen LogP contribution in [0.4, 0.5) is 5.69 Å². The maximum atomic E-state index is 5.87. The zero-order valence-corrected chi connectivity index (χ0v) is 8.65. The molecular weight excluding hydrogens is 184 g/mol. The van der Waals surface area contributed by atoms with Gasteiger partial charge in [0.2, 0.25) is 0 Å². The highest BCUT2D eigenvalue weighted by molar-refractivity contribution is 6.29. The van der Waals surface area contributed by atoms with Gasteiger partial charge >= 0.3 is 0 Å². The van der Waals surface area contributed by atoms with Crippen molar-refractivity contribution in [1.29, 1.82) is 0 Å². The van der Waals surface area contributed by atoms with E-state index in [1.807, 2.05) is 0 Å². The second-order valence-corrected chi connectivity index (χ2v) is 4.63. The molecule has 0 fully saturated rings. The highest BCUT2D eigenvalue weighted by Crippen LogP contribution is 2.40. The summed E-state index contributed by atoms with van der Waals surface area (Å²) in [6.07, 6.45) is 2.14. The van der Waals surface area contributed by atoms with Crippen LogP contribution < -0.4 is 5.73 Å². The third-order valence-corrected chi connectivity index (χ3v) is 2.96. The van der Waals surface area contributed by atoms with E-state index in [1.54, 1.807) is 6.07 Å². The number of aromatic nitrogens is 1. The summed E-state index contributed by atoms with van der Waals surface area (Å²) in [6.45, 7) is 4.36. The number of halogens is 1. The van der Waals surface area contributed by atoms with Gasteiger partial charge in [-0.2, -0.15) is 0 Å². The Labute approximate surface area is 83.1 Å². The molecule has 1 aromatic rings. The molecule has 0 unspecified atom stereocenters. The van der Waals surface area contributed by atoms with Gasteiger partial charge in [0.1, 0.15) is 5.15 Å². The molecule has 0 amide bonds. The standard InChI is InChI=1S/C10H13ClN2/c1-10(2)4-3-6-7(12)5-8(11)13-9(6)10/h5H,3-4H2,1-2H3,(H2,12,13). The number of fused-ring (bicyclic) bond motifs is 1. The summed E-state index contributed by atoms with van der Waals surface area (Å²) in [4.78, 5) is 4.35. The SMILES string of the molecule is CC1(C)CCc2c(N)cc(Cl)nc21. The summed E-state index contributed by atoms with van der Waals surface area (Å²) >= 11 is 5.86. The maximum absolute atomic E-state index is 5.87. The first kappa shape index (κ1) is 8.82. The van der Waals surface area contributed by atoms with Crippen molar-refractivity contribution in [1.82, 2.24) is 4.98 Å². The van der Waals surface area contributed by atoms with E-state index in [9.17, 15) is 0 Å². The fraction of sp³-hybridized carbons (Fsp3) is 0.500. The smallest absolute Gasteiger partial charge is 0.131 e. The van der Waals surface area contributed by atoms with Crippen molar-refractivity contribution < 1.29 is 0 Å². The fourth-order valence-electron chi connectivity index (χ4n) is 1.94. The molecule has 70 valence electrons. The maximum Gasteiger partial charge on any atom is 0.131 e. The van der Waals surface area contributed by atoms with E-state index in [0.29, 0.717) is 5.15 Å². The Kier molecular flexibility index (Phi) is 1.77. The van der Waals surface area contributed by atoms with Crippen molar-refractivity contribution in [2.24, 2.45) is 0 Å². The number of nitrogen functional groups attached to an aromatic ring is 1. The van der Waals surface area contributed by atoms with Crippen LogP contribution in [0.15, 0.2) is 6.07 Å². The van der Waals surface area contributed by atoms with Gasteiger partial charge in [0.15, 0.2) is 0 Å². The minimum absolute atomic E-state index is 0.133. The number of hydrogen-bond acceptors (Lipinski definition) is 2. The van der Waals surface area contributed by atoms with Crippen LogP contribution in [-0.4, -0.2) is 4.98 Å². The summed E-state index contributed by atoms with van der Waals surface area (Å²) in [5.41, 5.74) is 9.07. The van der Waals surface area contributed by atoms with Gasteiger partial charge < -0.3 is 5.73 Å². The first-order chi connectivity index (χ1) is 6.00. The Balaban J connectivity index is 2.65. The van der Waals surface area contributed by atoms with E-state index in [4.69, 9.17) is 17.3 Å². The van der Waals surface area contributed by atoms with Crippen molar-refractivity contribution in [2.75, 3.05) is 5.73 Å². The first-order valence-electron chi connectivity index (χ1n) is 4.46. The average Bonchev–Trinajstić information content (AvgIpc) is 2.28. The Hall–Kier alpha value is -0.760. The van der Waals surface area contributed by atoms with Gasteiger partial charge in [0, 0.05) is 11.1 Å². The third kappa shape index (κ3) is 1.29. The Morgan fingerprint density at radius 3 is 2.92 bits per heavy atom. The van der Waals surface area contributed by atoms with Gasteiger partial charge in [-0.25, -0.2) is 4.98 Å². The highest BCUT2D eigenvalue weighted by atomic mass is 35.5. The predicted molar refractivity (Wildman–Crippen MR) is 55.0 cm³/mol. The number of hydrogen-bond donors (Lipinski definition) is 1. The van der Waals surface area contributed by atoms with Crippen LogP contribution in [0.1, 0.15) is 31.5 Å². The van der Waals surface area contributed by atoms with E-state index >= 15 is 0 Å². The lowest BCUT2D eigenvalue weighted by Crippen LogP contribution is -2.14. The largest absolute Gasteiger partial charge is 0.398 e. The van der Waals surface area contributed by atoms with E-state index in [-0.39, 0.29) is 5.41 Å². The van der Waals surface area contributed by atoms with Gasteiger partial charge in [-0.3, -0.25) is 0 Å². The van der Waals surface area contributed by atoms with Gasteiger partial charge in [0.05, 0.1) is 5.69 Å². The summed E-state index contributed by atoms with van der Waals surface area (Å²) in [5, 5.41) is 0.506. The predicted octanol–water partition coefficient (Wildman–Crippen LogP) is 2.54. The van der Waals surface area contributed by atoms with Crippen LogP contribution in [0.2, 0.25) is 5.15 Å². The molecule has 0 saturated heterocycles. The van der Waals surface area contributed by atoms with Crippen LogP contribution in [0.5, 0.6) is 0 Å². The van der Waals surface area contributed by atoms with Crippen LogP contribution in [0, 0.1) is 0 Å². The van der Waals surface area contributed by atoms with Crippen LogP contribution >= 0.6 is 11.6 Å². The van der Waals surface area contributed by atoms with Crippen LogP contribution in [-0.2, 0) is 11.8 Å². The molecule has 0 spiro atoms. The molecule has 0 bridgehead atoms. The van der Waals surface area contributed by atoms with Crippen molar-refractivity contribution in [2.45, 2.75) is 32.1 Å². The molecule has 0 saturated carbocycles. The minimum atomic E-state index is 0.133. The van der Waals surface area contributed by atoms with Crippen molar-refractivity contribution in [3.8, 4) is 0 Å². The Morgan fingerprint density at radius 2 is 2.23 bits per heavy atom. The zero-order valence-electron chi connectivity index (χ0n) is 7.89. The Morgan fingerprint density at radius 1 is 1.54 bits per heavy atom. The highest BCUT2D eigenvalue weighted by Gasteiger charge is 2.32. The monoisotopic (exact) mass is 196 g/mol. The molecule has 3 heteroatoms. The lowest BCUT2D eigenvalue weighted by Gasteiger charge is -2.17. The van der Waals surface area contributed by atoms with E-state index in [0.717, 1.165) is 24.2 Å². The summed E-state index contributed by atoms with van der Waals surface area (Å²) in [6, 6.07) is 1.74. The minimum Gasteiger partial charge on any atom is -0.398 e. The van der Waals surface area contributed by atoms with Gasteiger partial charge in [-0.1, -0.05) is 25.4 Å². The number of pyridine rings is 1. The number of nitrogens with two attached hydrogens (primary N) is 1. The molecule has 1 heterocycles. The van der Waals surface area contributed by atoms with E-state index in [1.165, 1.54) is 5.56 Å². The number of anilines is 1. The Bertz CT molecular complexity index is 358. The first-order valence-corrected chi connectivity index (χ1v) is 4.84. The summed E-state index contributed by atoms with van der Waals surface area (Å²) in [7, 11) is 0. The molecular formula is C10H13ClN2. The lowest BCUT2D eigenvalue weighted by atomic mass is 9.90. The second-order valence-electron chi connectivity index (χ2n) is 4.25. The molecule has 0 aromatic carbocycles. The van der Waals surface area contributed by atoms with Gasteiger partial charge in [-0.15, -0.1) is 0 Å². The molecule has 13 heavy (non-hydrogen) atoms. The van der Waals surface area contributed by atoms with Crippen LogP contribution in [0.25, 0.3) is 0 Å². The lowest BCUT2D eigenvalue weighted by molar-refractivity contribution is 0.509. The molecule has 2 rings (SSSR count). The normalized spacial score (nSPS) is 18.7. The topological polar surface area (TPSA) is 38.9 Å². The zero-order chi connectivity index (χ0) is 9.64. The summed E-state index contributed by atoms with van der Waals surface area (Å²) in [5.74, 6) is 0. The third-order valence-electron chi connectivity index (χ3n) is 2.77. The molecule has 1 aliphatic carbocycles.